The Morgan fingerprint density at radius 2 is 1.12 bits per heavy atom. The number of phenolic OH excluding ortho intramolecular Hbond substituents is 1. The van der Waals surface area contributed by atoms with Crippen molar-refractivity contribution in [2.24, 2.45) is 0 Å². The molecular weight excluding hydrogens is 878 g/mol. The van der Waals surface area contributed by atoms with Crippen molar-refractivity contribution in [2.75, 3.05) is 4.90 Å². The molecule has 6 aromatic carbocycles. The van der Waals surface area contributed by atoms with Gasteiger partial charge in [-0.05, 0) is 91.6 Å². The van der Waals surface area contributed by atoms with Crippen molar-refractivity contribution in [2.45, 2.75) is 67.2 Å². The van der Waals surface area contributed by atoms with Gasteiger partial charge in [-0.3, -0.25) is 4.98 Å². The normalized spacial score (nSPS) is 11.3. The first-order chi connectivity index (χ1) is 25.9. The van der Waals surface area contributed by atoms with Gasteiger partial charge in [-0.2, -0.15) is 0 Å². The van der Waals surface area contributed by atoms with Crippen LogP contribution >= 0.6 is 0 Å². The van der Waals surface area contributed by atoms with Crippen LogP contribution in [0.5, 0.6) is 5.75 Å². The summed E-state index contributed by atoms with van der Waals surface area (Å²) in [7, 11) is 0. The zero-order valence-electron chi connectivity index (χ0n) is 32.0. The molecule has 0 bridgehead atoms. The van der Waals surface area contributed by atoms with Crippen LogP contribution in [0.4, 0.5) is 17.2 Å². The Labute approximate surface area is 353 Å². The van der Waals surface area contributed by atoms with Crippen LogP contribution in [0.25, 0.3) is 55.2 Å². The van der Waals surface area contributed by atoms with E-state index in [1.165, 1.54) is 11.1 Å². The Bertz CT molecular complexity index is 2570. The van der Waals surface area contributed by atoms with Crippen molar-refractivity contribution in [3.63, 3.8) is 0 Å². The molecule has 2 heterocycles. The van der Waals surface area contributed by atoms with E-state index in [1.807, 2.05) is 42.6 Å². The number of pyridine rings is 2. The van der Waals surface area contributed by atoms with Gasteiger partial charge in [0.05, 0.1) is 11.4 Å². The number of nitrogens with zero attached hydrogens (tertiary/aromatic N) is 3. The number of hydrogen-bond acceptors (Lipinski definition) is 4. The summed E-state index contributed by atoms with van der Waals surface area (Å²) in [5.41, 5.74) is 9.44. The fourth-order valence-electron chi connectivity index (χ4n) is 7.14. The quantitative estimate of drug-likeness (QED) is 0.133. The first-order valence-electron chi connectivity index (χ1n) is 18.6. The summed E-state index contributed by atoms with van der Waals surface area (Å²) in [4.78, 5) is 12.3. The zero-order chi connectivity index (χ0) is 37.6. The van der Waals surface area contributed by atoms with Gasteiger partial charge in [0, 0.05) is 43.6 Å². The molecule has 8 rings (SSSR count). The molecule has 8 aromatic rings. The van der Waals surface area contributed by atoms with E-state index >= 15 is 0 Å². The van der Waals surface area contributed by atoms with Crippen LogP contribution in [-0.2, 0) is 31.9 Å². The average molecular weight is 930 g/mol. The summed E-state index contributed by atoms with van der Waals surface area (Å²) in [5.74, 6) is 0.978. The maximum Gasteiger partial charge on any atom is 0.136 e. The Morgan fingerprint density at radius 3 is 1.72 bits per heavy atom. The molecule has 0 atom stereocenters. The molecule has 0 saturated carbocycles. The summed E-state index contributed by atoms with van der Waals surface area (Å²) in [6.07, 6.45) is 1.83. The second kappa shape index (κ2) is 16.9. The molecule has 0 aliphatic carbocycles. The SMILES string of the molecule is C.C.CC(C)(C)c1cc(-c2cc(-c3[c-]c(N(c4ccccn4)c4c5ccccc5cc5ccccc45)ccc3)nc(-c3ccccc3O)c2)cc(C(C)(C)C)c1.[Pt]. The minimum atomic E-state index is -0.0464. The second-order valence-corrected chi connectivity index (χ2v) is 16.1. The molecule has 0 spiro atoms. The summed E-state index contributed by atoms with van der Waals surface area (Å²) >= 11 is 0. The fourth-order valence-corrected chi connectivity index (χ4v) is 7.14. The van der Waals surface area contributed by atoms with Crippen LogP contribution in [0.3, 0.4) is 0 Å². The molecule has 0 unspecified atom stereocenters. The van der Waals surface area contributed by atoms with Gasteiger partial charge in [-0.1, -0.05) is 147 Å². The smallest absolute Gasteiger partial charge is 0.136 e. The third kappa shape index (κ3) is 8.58. The number of aromatic nitrogens is 2. The predicted octanol–water partition coefficient (Wildman–Crippen LogP) is 14.6. The van der Waals surface area contributed by atoms with Crippen LogP contribution in [0.15, 0.2) is 152 Å². The minimum Gasteiger partial charge on any atom is -0.507 e. The van der Waals surface area contributed by atoms with E-state index in [9.17, 15) is 5.11 Å². The molecule has 5 heteroatoms. The van der Waals surface area contributed by atoms with Crippen molar-refractivity contribution in [3.05, 3.63) is 169 Å². The Kier molecular flexibility index (Phi) is 12.6. The maximum atomic E-state index is 11.1. The van der Waals surface area contributed by atoms with Crippen LogP contribution in [0.1, 0.15) is 67.5 Å². The molecular formula is C52H52N3OPt-. The standard InChI is InChI=1S/C50H44N3O.2CH4.Pt/c1-49(2,3)38-27-36(28-39(32-38)50(4,5)6)37-30-44(52-45(31-37)43-22-11-12-23-46(43)54)35-18-15-19-40(29-35)53(47-24-13-14-25-51-47)48-41-20-9-7-16-33(41)26-34-17-8-10-21-42(34)48;;;/h7-28,30-32,54H,1-6H3;2*1H4;/q-1;;;. The van der Waals surface area contributed by atoms with Crippen LogP contribution in [0, 0.1) is 6.07 Å². The van der Waals surface area contributed by atoms with Crippen LogP contribution in [-0.4, -0.2) is 15.1 Å². The third-order valence-electron chi connectivity index (χ3n) is 10.1. The molecule has 0 radical (unpaired) electrons. The number of aromatic hydroxyl groups is 1. The van der Waals surface area contributed by atoms with Gasteiger partial charge in [-0.15, -0.1) is 29.8 Å². The molecule has 57 heavy (non-hydrogen) atoms. The van der Waals surface area contributed by atoms with Gasteiger partial charge in [0.2, 0.25) is 0 Å². The van der Waals surface area contributed by atoms with Crippen molar-refractivity contribution in [1.82, 2.24) is 9.97 Å². The van der Waals surface area contributed by atoms with E-state index in [4.69, 9.17) is 9.97 Å². The first-order valence-corrected chi connectivity index (χ1v) is 18.6. The van der Waals surface area contributed by atoms with Crippen molar-refractivity contribution in [3.8, 4) is 39.4 Å². The number of benzene rings is 6. The van der Waals surface area contributed by atoms with Crippen molar-refractivity contribution >= 4 is 38.7 Å². The first kappa shape index (κ1) is 42.6. The summed E-state index contributed by atoms with van der Waals surface area (Å²) < 4.78 is 0. The van der Waals surface area contributed by atoms with E-state index in [1.54, 1.807) is 6.07 Å². The molecule has 0 aliphatic heterocycles. The monoisotopic (exact) mass is 929 g/mol. The largest absolute Gasteiger partial charge is 0.507 e. The fraction of sp³-hybridized carbons (Fsp3) is 0.192. The van der Waals surface area contributed by atoms with Crippen molar-refractivity contribution < 1.29 is 26.2 Å². The van der Waals surface area contributed by atoms with Crippen molar-refractivity contribution in [1.29, 1.82) is 0 Å². The molecule has 0 amide bonds. The molecule has 1 N–H and O–H groups in total. The molecule has 4 nitrogen and oxygen atoms in total. The zero-order valence-corrected chi connectivity index (χ0v) is 34.3. The Morgan fingerprint density at radius 1 is 0.561 bits per heavy atom. The van der Waals surface area contributed by atoms with Gasteiger partial charge < -0.3 is 10.0 Å². The Hall–Kier alpha value is -5.57. The van der Waals surface area contributed by atoms with E-state index in [-0.39, 0.29) is 52.5 Å². The number of fused-ring (bicyclic) bond motifs is 2. The van der Waals surface area contributed by atoms with Crippen LogP contribution in [0.2, 0.25) is 0 Å². The topological polar surface area (TPSA) is 49.2 Å². The summed E-state index contributed by atoms with van der Waals surface area (Å²) in [6, 6.07) is 53.9. The second-order valence-electron chi connectivity index (χ2n) is 16.1. The number of hydrogen-bond donors (Lipinski definition) is 1. The van der Waals surface area contributed by atoms with Gasteiger partial charge in [0.25, 0.3) is 0 Å². The summed E-state index contributed by atoms with van der Waals surface area (Å²) in [6.45, 7) is 13.6. The summed E-state index contributed by atoms with van der Waals surface area (Å²) in [5, 5.41) is 15.6. The van der Waals surface area contributed by atoms with Gasteiger partial charge in [-0.25, -0.2) is 4.98 Å². The molecule has 0 aliphatic rings. The predicted molar refractivity (Wildman–Crippen MR) is 239 cm³/mol. The van der Waals surface area contributed by atoms with Crippen LogP contribution < -0.4 is 4.90 Å². The number of phenols is 1. The molecule has 2 aromatic heterocycles. The number of para-hydroxylation sites is 1. The van der Waals surface area contributed by atoms with E-state index < -0.39 is 0 Å². The molecule has 0 saturated heterocycles. The van der Waals surface area contributed by atoms with E-state index in [2.05, 4.69) is 156 Å². The van der Waals surface area contributed by atoms with E-state index in [0.29, 0.717) is 11.3 Å². The minimum absolute atomic E-state index is 0. The van der Waals surface area contributed by atoms with Gasteiger partial charge >= 0.3 is 0 Å². The van der Waals surface area contributed by atoms with Gasteiger partial charge in [0.1, 0.15) is 11.6 Å². The average Bonchev–Trinajstić information content (AvgIpc) is 3.17. The number of anilines is 3. The Balaban J connectivity index is 0.00000207. The third-order valence-corrected chi connectivity index (χ3v) is 10.1. The number of rotatable bonds is 6. The molecule has 0 fully saturated rings. The van der Waals surface area contributed by atoms with Gasteiger partial charge in [0.15, 0.2) is 0 Å². The maximum absolute atomic E-state index is 11.1. The molecule has 292 valence electrons. The van der Waals surface area contributed by atoms with E-state index in [0.717, 1.165) is 61.1 Å².